The number of rotatable bonds is 0. The van der Waals surface area contributed by atoms with Gasteiger partial charge in [-0.25, -0.2) is 0 Å². The van der Waals surface area contributed by atoms with Crippen LogP contribution in [0.3, 0.4) is 0 Å². The second kappa shape index (κ2) is 15.9. The maximum atomic E-state index is 3.38. The second-order valence-corrected chi connectivity index (χ2v) is 23.1. The van der Waals surface area contributed by atoms with Crippen LogP contribution in [0.2, 0.25) is 0 Å². The Morgan fingerprint density at radius 2 is 0.879 bits per heavy atom. The first-order valence-corrected chi connectivity index (χ1v) is 28.5. The van der Waals surface area contributed by atoms with Gasteiger partial charge in [-0.1, -0.05) is 72.8 Å². The molecule has 0 saturated heterocycles. The number of aromatic amines is 1. The van der Waals surface area contributed by atoms with Crippen molar-refractivity contribution in [2.75, 3.05) is 0 Å². The zero-order chi connectivity index (χ0) is 22.9. The molecule has 174 valence electrons. The molecule has 0 atom stereocenters. The maximum Gasteiger partial charge on any atom is 0.0464 e. The van der Waals surface area contributed by atoms with E-state index < -0.39 is 0 Å². The van der Waals surface area contributed by atoms with E-state index in [1.54, 1.807) is 0 Å². The zero-order valence-corrected chi connectivity index (χ0v) is 30.6. The Morgan fingerprint density at radius 3 is 1.27 bits per heavy atom. The van der Waals surface area contributed by atoms with Crippen LogP contribution in [0.1, 0.15) is 0 Å². The van der Waals surface area contributed by atoms with Gasteiger partial charge >= 0.3 is 50.5 Å². The van der Waals surface area contributed by atoms with Crippen LogP contribution in [0.4, 0.5) is 0 Å². The number of hydrogen-bond donors (Lipinski definition) is 1. The molecule has 8 heteroatoms. The van der Waals surface area contributed by atoms with Crippen LogP contribution >= 0.6 is 98.4 Å². The summed E-state index contributed by atoms with van der Waals surface area (Å²) in [5.74, 6) is 0. The van der Waals surface area contributed by atoms with Gasteiger partial charge in [-0.3, -0.25) is 0 Å². The van der Waals surface area contributed by atoms with Gasteiger partial charge in [-0.05, 0) is 24.3 Å². The SMILES string of the molecule is Cn1c2ccccc2c2ccccc21.I.II.I[I-]I.c1ccc2c(c1)[nH]c1ccccc12. The van der Waals surface area contributed by atoms with Crippen LogP contribution in [0.15, 0.2) is 97.1 Å². The van der Waals surface area contributed by atoms with Gasteiger partial charge in [-0.2, -0.15) is 0 Å². The molecule has 0 amide bonds. The van der Waals surface area contributed by atoms with E-state index in [2.05, 4.69) is 188 Å². The summed E-state index contributed by atoms with van der Waals surface area (Å²) in [6.07, 6.45) is 0. The fourth-order valence-electron chi connectivity index (χ4n) is 3.92. The summed E-state index contributed by atoms with van der Waals surface area (Å²) >= 11 is 9.54. The molecule has 0 aliphatic rings. The number of benzene rings is 4. The summed E-state index contributed by atoms with van der Waals surface area (Å²) in [6.45, 7) is 0. The third kappa shape index (κ3) is 7.44. The average molecular weight is 1110 g/mol. The molecule has 4 aromatic carbocycles. The Morgan fingerprint density at radius 1 is 0.576 bits per heavy atom. The van der Waals surface area contributed by atoms with Crippen molar-refractivity contribution in [3.8, 4) is 0 Å². The molecule has 2 heterocycles. The number of halogens is 6. The molecule has 0 bridgehead atoms. The van der Waals surface area contributed by atoms with Crippen LogP contribution in [-0.2, 0) is 7.05 Å². The third-order valence-corrected chi connectivity index (χ3v) is 5.23. The summed E-state index contributed by atoms with van der Waals surface area (Å²) in [7, 11) is 2.12. The summed E-state index contributed by atoms with van der Waals surface area (Å²) in [5, 5.41) is 5.28. The van der Waals surface area contributed by atoms with Gasteiger partial charge < -0.3 is 9.55 Å². The van der Waals surface area contributed by atoms with E-state index in [-0.39, 0.29) is 24.0 Å². The second-order valence-electron chi connectivity index (χ2n) is 6.86. The van der Waals surface area contributed by atoms with Crippen molar-refractivity contribution in [3.63, 3.8) is 0 Å². The fourth-order valence-corrected chi connectivity index (χ4v) is 3.92. The van der Waals surface area contributed by atoms with Crippen molar-refractivity contribution in [3.05, 3.63) is 97.1 Å². The molecule has 1 N–H and O–H groups in total. The van der Waals surface area contributed by atoms with E-state index in [0.29, 0.717) is 13.3 Å². The minimum absolute atomic E-state index is 0. The number of aromatic nitrogens is 2. The summed E-state index contributed by atoms with van der Waals surface area (Å²) in [5.41, 5.74) is 5.02. The van der Waals surface area contributed by atoms with Crippen molar-refractivity contribution in [1.29, 1.82) is 0 Å². The average Bonchev–Trinajstić information content (AvgIpc) is 3.38. The van der Waals surface area contributed by atoms with Crippen LogP contribution in [0.25, 0.3) is 43.6 Å². The van der Waals surface area contributed by atoms with Gasteiger partial charge in [0.15, 0.2) is 0 Å². The largest absolute Gasteiger partial charge is 0.355 e. The Bertz CT molecular complexity index is 1320. The third-order valence-electron chi connectivity index (χ3n) is 5.23. The van der Waals surface area contributed by atoms with Gasteiger partial charge in [0, 0.05) is 87.9 Å². The van der Waals surface area contributed by atoms with Crippen LogP contribution in [0.5, 0.6) is 0 Å². The summed E-state index contributed by atoms with van der Waals surface area (Å²) in [6, 6.07) is 33.8. The minimum Gasteiger partial charge on any atom is -0.355 e. The van der Waals surface area contributed by atoms with Gasteiger partial charge in [0.25, 0.3) is 0 Å². The number of nitrogens with zero attached hydrogens (tertiary/aromatic N) is 1. The van der Waals surface area contributed by atoms with Crippen molar-refractivity contribution < 1.29 is 13.3 Å². The molecule has 0 saturated carbocycles. The minimum atomic E-state index is 0. The molecule has 0 unspecified atom stereocenters. The van der Waals surface area contributed by atoms with Gasteiger partial charge in [0.2, 0.25) is 0 Å². The predicted octanol–water partition coefficient (Wildman–Crippen LogP) is 7.82. The van der Waals surface area contributed by atoms with Gasteiger partial charge in [-0.15, -0.1) is 24.0 Å². The Balaban J connectivity index is 0.000000192. The molecular formula is C25H21I6N2-. The maximum absolute atomic E-state index is 3.38. The molecule has 0 radical (unpaired) electrons. The van der Waals surface area contributed by atoms with Crippen molar-refractivity contribution >= 4 is 142 Å². The molecule has 0 aliphatic heterocycles. The molecule has 33 heavy (non-hydrogen) atoms. The smallest absolute Gasteiger partial charge is 0.0464 e. The Kier molecular flexibility index (Phi) is 14.5. The first-order valence-electron chi connectivity index (χ1n) is 9.63. The van der Waals surface area contributed by atoms with E-state index >= 15 is 0 Å². The molecular weight excluding hydrogens is 1090 g/mol. The van der Waals surface area contributed by atoms with E-state index in [0.717, 1.165) is 0 Å². The number of nitrogens with one attached hydrogen (secondary N) is 1. The Hall–Kier alpha value is 0.860. The summed E-state index contributed by atoms with van der Waals surface area (Å²) in [4.78, 5) is 3.38. The molecule has 0 spiro atoms. The predicted molar refractivity (Wildman–Crippen MR) is 188 cm³/mol. The quantitative estimate of drug-likeness (QED) is 0.150. The first-order chi connectivity index (χ1) is 15.7. The summed E-state index contributed by atoms with van der Waals surface area (Å²) < 4.78 is 2.24. The number of aryl methyl sites for hydroxylation is 1. The van der Waals surface area contributed by atoms with E-state index in [9.17, 15) is 0 Å². The number of fused-ring (bicyclic) bond motifs is 6. The molecule has 0 aliphatic carbocycles. The molecule has 0 fully saturated rings. The molecule has 6 rings (SSSR count). The van der Waals surface area contributed by atoms with Gasteiger partial charge in [0.1, 0.15) is 0 Å². The normalized spacial score (nSPS) is 9.97. The molecule has 6 aromatic rings. The van der Waals surface area contributed by atoms with Crippen LogP contribution < -0.4 is 13.3 Å². The number of para-hydroxylation sites is 4. The fraction of sp³-hybridized carbons (Fsp3) is 0.0400. The van der Waals surface area contributed by atoms with E-state index in [1.807, 2.05) is 0 Å². The monoisotopic (exact) mass is 1110 g/mol. The van der Waals surface area contributed by atoms with Crippen molar-refractivity contribution in [2.45, 2.75) is 0 Å². The molecule has 2 aromatic heterocycles. The topological polar surface area (TPSA) is 20.7 Å². The van der Waals surface area contributed by atoms with Crippen LogP contribution in [-0.4, -0.2) is 9.55 Å². The van der Waals surface area contributed by atoms with Crippen LogP contribution in [0, 0.1) is 0 Å². The van der Waals surface area contributed by atoms with Crippen molar-refractivity contribution in [1.82, 2.24) is 9.55 Å². The number of H-pyrrole nitrogens is 1. The number of hydrogen-bond acceptors (Lipinski definition) is 0. The first kappa shape index (κ1) is 30.1. The zero-order valence-electron chi connectivity index (χ0n) is 17.5. The standard InChI is InChI=1S/C13H11N.C12H9N.I3.I2.HI/c1-14-12-8-4-2-6-10(12)11-7-3-5-9-13(11)14;1-3-7-11-9(5-1)10-6-2-4-8-12(10)13-11;1-3-2;1-2;/h2-9H,1H3;1-8,13H;;;1H/q;;-1;;. The Labute approximate surface area is 264 Å². The van der Waals surface area contributed by atoms with E-state index in [4.69, 9.17) is 0 Å². The van der Waals surface area contributed by atoms with Gasteiger partial charge in [0.05, 0.1) is 0 Å². The van der Waals surface area contributed by atoms with E-state index in [1.165, 1.54) is 43.6 Å². The van der Waals surface area contributed by atoms with Crippen molar-refractivity contribution in [2.24, 2.45) is 7.05 Å². The molecule has 2 nitrogen and oxygen atoms in total.